The van der Waals surface area contributed by atoms with Gasteiger partial charge in [-0.15, -0.1) is 11.3 Å². The second-order valence-corrected chi connectivity index (χ2v) is 10.1. The minimum absolute atomic E-state index is 0.00487. The quantitative estimate of drug-likeness (QED) is 0.629. The molecule has 0 unspecified atom stereocenters. The molecule has 0 amide bonds. The first kappa shape index (κ1) is 20.0. The number of hydrogen-bond donors (Lipinski definition) is 1. The fraction of sp³-hybridized carbons (Fsp3) is 0.235. The first-order valence-electron chi connectivity index (χ1n) is 7.98. The molecule has 0 bridgehead atoms. The van der Waals surface area contributed by atoms with Gasteiger partial charge in [-0.3, -0.25) is 14.2 Å². The molecule has 3 rings (SSSR count). The highest BCUT2D eigenvalue weighted by Crippen LogP contribution is 2.35. The highest BCUT2D eigenvalue weighted by atomic mass is 35.5. The lowest BCUT2D eigenvalue weighted by molar-refractivity contribution is 0.594. The van der Waals surface area contributed by atoms with Crippen LogP contribution in [0.5, 0.6) is 0 Å². The maximum absolute atomic E-state index is 13.1. The van der Waals surface area contributed by atoms with E-state index in [1.54, 1.807) is 36.0 Å². The monoisotopic (exact) mass is 445 g/mol. The van der Waals surface area contributed by atoms with E-state index in [-0.39, 0.29) is 25.2 Å². The number of nitrogens with one attached hydrogen (secondary N) is 1. The van der Waals surface area contributed by atoms with Crippen LogP contribution in [0.1, 0.15) is 25.5 Å². The zero-order chi connectivity index (χ0) is 19.9. The van der Waals surface area contributed by atoms with Crippen molar-refractivity contribution in [2.45, 2.75) is 24.7 Å². The van der Waals surface area contributed by atoms with E-state index in [2.05, 4.69) is 4.72 Å². The van der Waals surface area contributed by atoms with Gasteiger partial charge in [0, 0.05) is 7.05 Å². The van der Waals surface area contributed by atoms with E-state index in [1.807, 2.05) is 19.9 Å². The number of rotatable bonds is 5. The Morgan fingerprint density at radius 3 is 2.30 bits per heavy atom. The van der Waals surface area contributed by atoms with Crippen molar-refractivity contribution in [3.63, 3.8) is 0 Å². The van der Waals surface area contributed by atoms with Crippen molar-refractivity contribution in [1.29, 1.82) is 0 Å². The van der Waals surface area contributed by atoms with Crippen LogP contribution in [0.15, 0.2) is 46.1 Å². The molecule has 0 atom stereocenters. The number of hydrogen-bond acceptors (Lipinski definition) is 4. The number of sulfonamides is 1. The first-order valence-corrected chi connectivity index (χ1v) is 11.0. The van der Waals surface area contributed by atoms with E-state index in [0.29, 0.717) is 11.4 Å². The Kier molecular flexibility index (Phi) is 5.45. The summed E-state index contributed by atoms with van der Waals surface area (Å²) in [7, 11) is -2.35. The molecule has 10 heteroatoms. The third-order valence-corrected chi connectivity index (χ3v) is 7.11. The molecule has 144 valence electrons. The molecule has 0 aliphatic heterocycles. The Hall–Kier alpha value is -1.74. The SMILES string of the molecule is CC(C)c1c(NS(=O)(=O)c2cc(Cl)sc2Cl)c(=O)n(-c2ccccc2)n1C. The van der Waals surface area contributed by atoms with Gasteiger partial charge in [0.05, 0.1) is 15.7 Å². The van der Waals surface area contributed by atoms with Gasteiger partial charge >= 0.3 is 0 Å². The highest BCUT2D eigenvalue weighted by molar-refractivity contribution is 7.93. The minimum atomic E-state index is -4.07. The van der Waals surface area contributed by atoms with Gasteiger partial charge in [-0.1, -0.05) is 55.2 Å². The number of thiophene rings is 1. The third-order valence-electron chi connectivity index (χ3n) is 4.01. The number of halogens is 2. The molecular formula is C17H17Cl2N3O3S2. The summed E-state index contributed by atoms with van der Waals surface area (Å²) in [4.78, 5) is 12.9. The van der Waals surface area contributed by atoms with Gasteiger partial charge in [-0.2, -0.15) is 0 Å². The van der Waals surface area contributed by atoms with Crippen LogP contribution in [0.2, 0.25) is 8.67 Å². The number of nitrogens with zero attached hydrogens (tertiary/aromatic N) is 2. The molecule has 0 saturated carbocycles. The lowest BCUT2D eigenvalue weighted by atomic mass is 10.1. The largest absolute Gasteiger partial charge is 0.296 e. The third kappa shape index (κ3) is 3.67. The summed E-state index contributed by atoms with van der Waals surface area (Å²) in [6, 6.07) is 10.3. The van der Waals surface area contributed by atoms with E-state index < -0.39 is 15.6 Å². The van der Waals surface area contributed by atoms with E-state index >= 15 is 0 Å². The molecule has 2 aromatic heterocycles. The number of para-hydroxylation sites is 1. The fourth-order valence-electron chi connectivity index (χ4n) is 2.94. The van der Waals surface area contributed by atoms with Gasteiger partial charge in [-0.05, 0) is 24.1 Å². The molecule has 0 spiro atoms. The lowest BCUT2D eigenvalue weighted by Gasteiger charge is -2.13. The van der Waals surface area contributed by atoms with E-state index in [4.69, 9.17) is 23.2 Å². The van der Waals surface area contributed by atoms with Crippen LogP contribution in [0.4, 0.5) is 5.69 Å². The number of anilines is 1. The maximum atomic E-state index is 13.1. The predicted octanol–water partition coefficient (Wildman–Crippen LogP) is 4.47. The molecule has 2 heterocycles. The average molecular weight is 446 g/mol. The molecule has 1 aromatic carbocycles. The van der Waals surface area contributed by atoms with Gasteiger partial charge in [-0.25, -0.2) is 13.1 Å². The van der Waals surface area contributed by atoms with Gasteiger partial charge in [0.25, 0.3) is 15.6 Å². The van der Waals surface area contributed by atoms with E-state index in [0.717, 1.165) is 11.3 Å². The maximum Gasteiger partial charge on any atom is 0.296 e. The molecule has 0 aliphatic carbocycles. The van der Waals surface area contributed by atoms with Gasteiger partial charge in [0.2, 0.25) is 0 Å². The topological polar surface area (TPSA) is 73.1 Å². The molecular weight excluding hydrogens is 429 g/mol. The van der Waals surface area contributed by atoms with Gasteiger partial charge in [0.1, 0.15) is 14.9 Å². The van der Waals surface area contributed by atoms with Crippen LogP contribution >= 0.6 is 34.5 Å². The molecule has 27 heavy (non-hydrogen) atoms. The normalized spacial score (nSPS) is 11.9. The first-order chi connectivity index (χ1) is 12.6. The molecule has 3 aromatic rings. The zero-order valence-corrected chi connectivity index (χ0v) is 17.9. The fourth-order valence-corrected chi connectivity index (χ4v) is 6.16. The molecule has 0 radical (unpaired) electrons. The lowest BCUT2D eigenvalue weighted by Crippen LogP contribution is -2.23. The Bertz CT molecular complexity index is 1150. The zero-order valence-electron chi connectivity index (χ0n) is 14.7. The van der Waals surface area contributed by atoms with Crippen molar-refractivity contribution < 1.29 is 8.42 Å². The van der Waals surface area contributed by atoms with E-state index in [9.17, 15) is 13.2 Å². The Balaban J connectivity index is 2.19. The molecule has 0 aliphatic rings. The summed E-state index contributed by atoms with van der Waals surface area (Å²) in [6.07, 6.45) is 0. The number of aromatic nitrogens is 2. The van der Waals surface area contributed by atoms with Crippen molar-refractivity contribution in [3.05, 3.63) is 61.1 Å². The van der Waals surface area contributed by atoms with Crippen LogP contribution in [0, 0.1) is 0 Å². The molecule has 0 fully saturated rings. The van der Waals surface area contributed by atoms with Crippen LogP contribution < -0.4 is 10.3 Å². The summed E-state index contributed by atoms with van der Waals surface area (Å²) in [6.45, 7) is 3.77. The predicted molar refractivity (Wildman–Crippen MR) is 110 cm³/mol. The molecule has 0 saturated heterocycles. The van der Waals surface area contributed by atoms with Gasteiger partial charge in [0.15, 0.2) is 0 Å². The standard InChI is InChI=1S/C17H17Cl2N3O3S2/c1-10(2)15-14(20-27(24,25)12-9-13(18)26-16(12)19)17(23)22(21(15)3)11-7-5-4-6-8-11/h4-10,20H,1-3H3. The summed E-state index contributed by atoms with van der Waals surface area (Å²) in [5.41, 5.74) is 0.724. The van der Waals surface area contributed by atoms with Crippen molar-refractivity contribution >= 4 is 50.2 Å². The second-order valence-electron chi connectivity index (χ2n) is 6.19. The van der Waals surface area contributed by atoms with Crippen LogP contribution in [0.3, 0.4) is 0 Å². The van der Waals surface area contributed by atoms with Crippen molar-refractivity contribution in [1.82, 2.24) is 9.36 Å². The summed E-state index contributed by atoms with van der Waals surface area (Å²) >= 11 is 12.8. The van der Waals surface area contributed by atoms with Crippen molar-refractivity contribution in [2.24, 2.45) is 7.05 Å². The Morgan fingerprint density at radius 1 is 1.15 bits per heavy atom. The number of benzene rings is 1. The summed E-state index contributed by atoms with van der Waals surface area (Å²) in [5, 5.41) is 0. The van der Waals surface area contributed by atoms with Crippen LogP contribution in [0.25, 0.3) is 5.69 Å². The highest BCUT2D eigenvalue weighted by Gasteiger charge is 2.28. The van der Waals surface area contributed by atoms with Crippen molar-refractivity contribution in [3.8, 4) is 5.69 Å². The van der Waals surface area contributed by atoms with Crippen LogP contribution in [-0.4, -0.2) is 17.8 Å². The molecule has 6 nitrogen and oxygen atoms in total. The summed E-state index contributed by atoms with van der Waals surface area (Å²) in [5.74, 6) is -0.105. The smallest absolute Gasteiger partial charge is 0.283 e. The van der Waals surface area contributed by atoms with Crippen molar-refractivity contribution in [2.75, 3.05) is 4.72 Å². The average Bonchev–Trinajstić information content (AvgIpc) is 3.05. The summed E-state index contributed by atoms with van der Waals surface area (Å²) < 4.78 is 31.4. The Morgan fingerprint density at radius 2 is 1.78 bits per heavy atom. The minimum Gasteiger partial charge on any atom is -0.283 e. The Labute approximate surface area is 171 Å². The van der Waals surface area contributed by atoms with Crippen LogP contribution in [-0.2, 0) is 17.1 Å². The van der Waals surface area contributed by atoms with E-state index in [1.165, 1.54) is 10.7 Å². The van der Waals surface area contributed by atoms with Gasteiger partial charge < -0.3 is 0 Å². The molecule has 1 N–H and O–H groups in total. The second kappa shape index (κ2) is 7.35.